The first-order valence-corrected chi connectivity index (χ1v) is 9.28. The van der Waals surface area contributed by atoms with Crippen LogP contribution in [0.3, 0.4) is 0 Å². The van der Waals surface area contributed by atoms with Crippen molar-refractivity contribution in [1.82, 2.24) is 4.90 Å². The molecular formula is C20H25F3N2O. The fraction of sp³-hybridized carbons (Fsp3) is 0.550. The molecule has 1 aromatic carbocycles. The smallest absolute Gasteiger partial charge is 0.324 e. The number of fused-ring (bicyclic) bond motifs is 2. The van der Waals surface area contributed by atoms with Crippen LogP contribution >= 0.6 is 0 Å². The van der Waals surface area contributed by atoms with Gasteiger partial charge in [-0.1, -0.05) is 25.5 Å². The van der Waals surface area contributed by atoms with E-state index in [1.54, 1.807) is 0 Å². The standard InChI is InChI=1S/C20H25F3N2O/c1-2-3-10-25(13-16-12-14-4-5-15(16)11-14)19(26)24-18-8-6-17(7-9-18)20(21,22)23/h4-9,14-16H,2-3,10-13H2,1H3,(H,24,26). The van der Waals surface area contributed by atoms with Crippen LogP contribution in [-0.4, -0.2) is 24.0 Å². The fourth-order valence-corrected chi connectivity index (χ4v) is 3.96. The summed E-state index contributed by atoms with van der Waals surface area (Å²) in [5.41, 5.74) is -0.329. The summed E-state index contributed by atoms with van der Waals surface area (Å²) >= 11 is 0. The number of urea groups is 1. The van der Waals surface area contributed by atoms with E-state index in [0.29, 0.717) is 36.5 Å². The van der Waals surface area contributed by atoms with Crippen LogP contribution in [0, 0.1) is 17.8 Å². The van der Waals surface area contributed by atoms with Crippen LogP contribution in [0.4, 0.5) is 23.7 Å². The van der Waals surface area contributed by atoms with Gasteiger partial charge in [0.25, 0.3) is 0 Å². The molecule has 3 atom stereocenters. The summed E-state index contributed by atoms with van der Waals surface area (Å²) in [5.74, 6) is 1.69. The molecule has 3 nitrogen and oxygen atoms in total. The number of allylic oxidation sites excluding steroid dienone is 2. The first-order chi connectivity index (χ1) is 12.4. The number of carbonyl (C=O) groups is 1. The number of carbonyl (C=O) groups excluding carboxylic acids is 1. The summed E-state index contributed by atoms with van der Waals surface area (Å²) in [6.07, 6.45) is 4.39. The summed E-state index contributed by atoms with van der Waals surface area (Å²) in [4.78, 5) is 14.5. The Labute approximate surface area is 152 Å². The first-order valence-electron chi connectivity index (χ1n) is 9.28. The van der Waals surface area contributed by atoms with Crippen molar-refractivity contribution in [2.75, 3.05) is 18.4 Å². The van der Waals surface area contributed by atoms with Crippen molar-refractivity contribution in [3.05, 3.63) is 42.0 Å². The Morgan fingerprint density at radius 3 is 2.46 bits per heavy atom. The molecule has 2 amide bonds. The molecule has 26 heavy (non-hydrogen) atoms. The Morgan fingerprint density at radius 2 is 1.92 bits per heavy atom. The minimum atomic E-state index is -4.37. The fourth-order valence-electron chi connectivity index (χ4n) is 3.96. The number of anilines is 1. The average Bonchev–Trinajstić information content (AvgIpc) is 3.21. The summed E-state index contributed by atoms with van der Waals surface area (Å²) in [5, 5.41) is 2.75. The second kappa shape index (κ2) is 7.72. The molecular weight excluding hydrogens is 341 g/mol. The van der Waals surface area contributed by atoms with Crippen LogP contribution in [0.25, 0.3) is 0 Å². The molecule has 1 fully saturated rings. The number of nitrogens with one attached hydrogen (secondary N) is 1. The van der Waals surface area contributed by atoms with Crippen molar-refractivity contribution in [3.63, 3.8) is 0 Å². The van der Waals surface area contributed by atoms with Gasteiger partial charge in [-0.15, -0.1) is 0 Å². The molecule has 1 aromatic rings. The van der Waals surface area contributed by atoms with Crippen LogP contribution < -0.4 is 5.32 Å². The number of hydrogen-bond acceptors (Lipinski definition) is 1. The van der Waals surface area contributed by atoms with Crippen LogP contribution in [0.1, 0.15) is 38.2 Å². The highest BCUT2D eigenvalue weighted by Crippen LogP contribution is 2.43. The molecule has 1 N–H and O–H groups in total. The van der Waals surface area contributed by atoms with Crippen molar-refractivity contribution in [2.45, 2.75) is 38.8 Å². The molecule has 6 heteroatoms. The monoisotopic (exact) mass is 366 g/mol. The predicted molar refractivity (Wildman–Crippen MR) is 95.8 cm³/mol. The van der Waals surface area contributed by atoms with Gasteiger partial charge in [-0.05, 0) is 61.3 Å². The number of hydrogen-bond donors (Lipinski definition) is 1. The molecule has 0 aromatic heterocycles. The van der Waals surface area contributed by atoms with Gasteiger partial charge >= 0.3 is 12.2 Å². The van der Waals surface area contributed by atoms with E-state index < -0.39 is 11.7 Å². The highest BCUT2D eigenvalue weighted by Gasteiger charge is 2.37. The van der Waals surface area contributed by atoms with Crippen molar-refractivity contribution in [1.29, 1.82) is 0 Å². The minimum Gasteiger partial charge on any atom is -0.324 e. The van der Waals surface area contributed by atoms with Crippen LogP contribution in [0.2, 0.25) is 0 Å². The third-order valence-corrected chi connectivity index (χ3v) is 5.40. The van der Waals surface area contributed by atoms with E-state index in [9.17, 15) is 18.0 Å². The second-order valence-corrected chi connectivity index (χ2v) is 7.35. The summed E-state index contributed by atoms with van der Waals surface area (Å²) in [6, 6.07) is 4.36. The zero-order valence-corrected chi connectivity index (χ0v) is 14.9. The first kappa shape index (κ1) is 18.8. The van der Waals surface area contributed by atoms with Crippen LogP contribution in [0.15, 0.2) is 36.4 Å². The third kappa shape index (κ3) is 4.40. The third-order valence-electron chi connectivity index (χ3n) is 5.40. The molecule has 0 heterocycles. The van der Waals surface area contributed by atoms with Crippen molar-refractivity contribution in [3.8, 4) is 0 Å². The van der Waals surface area contributed by atoms with E-state index in [1.165, 1.54) is 18.6 Å². The van der Waals surface area contributed by atoms with E-state index in [4.69, 9.17) is 0 Å². The van der Waals surface area contributed by atoms with Gasteiger partial charge in [0.05, 0.1) is 5.56 Å². The lowest BCUT2D eigenvalue weighted by atomic mass is 9.93. The normalized spacial score (nSPS) is 24.1. The Balaban J connectivity index is 1.62. The van der Waals surface area contributed by atoms with Crippen molar-refractivity contribution >= 4 is 11.7 Å². The topological polar surface area (TPSA) is 32.3 Å². The molecule has 0 aliphatic heterocycles. The van der Waals surface area contributed by atoms with Gasteiger partial charge < -0.3 is 10.2 Å². The molecule has 3 rings (SSSR count). The molecule has 0 radical (unpaired) electrons. The van der Waals surface area contributed by atoms with E-state index in [2.05, 4.69) is 24.4 Å². The maximum atomic E-state index is 12.7. The van der Waals surface area contributed by atoms with Gasteiger partial charge in [-0.2, -0.15) is 13.2 Å². The molecule has 0 spiro atoms. The largest absolute Gasteiger partial charge is 0.416 e. The molecule has 2 aliphatic rings. The number of alkyl halides is 3. The number of halogens is 3. The molecule has 2 aliphatic carbocycles. The van der Waals surface area contributed by atoms with Gasteiger partial charge in [0.1, 0.15) is 0 Å². The van der Waals surface area contributed by atoms with Gasteiger partial charge in [0, 0.05) is 18.8 Å². The van der Waals surface area contributed by atoms with E-state index in [0.717, 1.165) is 31.4 Å². The summed E-state index contributed by atoms with van der Waals surface area (Å²) < 4.78 is 37.9. The molecule has 142 valence electrons. The summed E-state index contributed by atoms with van der Waals surface area (Å²) in [6.45, 7) is 3.45. The Bertz CT molecular complexity index is 654. The highest BCUT2D eigenvalue weighted by molar-refractivity contribution is 5.89. The lowest BCUT2D eigenvalue weighted by Crippen LogP contribution is -2.40. The van der Waals surface area contributed by atoms with Crippen LogP contribution in [-0.2, 0) is 6.18 Å². The number of unbranched alkanes of at least 4 members (excludes halogenated alkanes) is 1. The lowest BCUT2D eigenvalue weighted by Gasteiger charge is -2.29. The van der Waals surface area contributed by atoms with Gasteiger partial charge in [-0.25, -0.2) is 4.79 Å². The quantitative estimate of drug-likeness (QED) is 0.658. The maximum Gasteiger partial charge on any atom is 0.416 e. The van der Waals surface area contributed by atoms with E-state index in [-0.39, 0.29) is 6.03 Å². The van der Waals surface area contributed by atoms with E-state index >= 15 is 0 Å². The average molecular weight is 366 g/mol. The molecule has 0 saturated heterocycles. The van der Waals surface area contributed by atoms with Gasteiger partial charge in [0.15, 0.2) is 0 Å². The second-order valence-electron chi connectivity index (χ2n) is 7.35. The minimum absolute atomic E-state index is 0.232. The number of rotatable bonds is 6. The zero-order valence-electron chi connectivity index (χ0n) is 14.9. The van der Waals surface area contributed by atoms with Crippen LogP contribution in [0.5, 0.6) is 0 Å². The number of amides is 2. The zero-order chi connectivity index (χ0) is 18.7. The SMILES string of the molecule is CCCCN(CC1CC2C=CC1C2)C(=O)Nc1ccc(C(F)(F)F)cc1. The molecule has 1 saturated carbocycles. The maximum absolute atomic E-state index is 12.7. The Hall–Kier alpha value is -1.98. The molecule has 2 bridgehead atoms. The highest BCUT2D eigenvalue weighted by atomic mass is 19.4. The van der Waals surface area contributed by atoms with Gasteiger partial charge in [0.2, 0.25) is 0 Å². The number of benzene rings is 1. The van der Waals surface area contributed by atoms with Gasteiger partial charge in [-0.3, -0.25) is 0 Å². The lowest BCUT2D eigenvalue weighted by molar-refractivity contribution is -0.137. The van der Waals surface area contributed by atoms with Crippen molar-refractivity contribution < 1.29 is 18.0 Å². The van der Waals surface area contributed by atoms with E-state index in [1.807, 2.05) is 4.90 Å². The van der Waals surface area contributed by atoms with Crippen molar-refractivity contribution in [2.24, 2.45) is 17.8 Å². The Morgan fingerprint density at radius 1 is 1.19 bits per heavy atom. The molecule has 3 unspecified atom stereocenters. The number of nitrogens with zero attached hydrogens (tertiary/aromatic N) is 1. The Kier molecular flexibility index (Phi) is 5.58. The predicted octanol–water partition coefficient (Wildman–Crippen LogP) is 5.55. The summed E-state index contributed by atoms with van der Waals surface area (Å²) in [7, 11) is 0.